The van der Waals surface area contributed by atoms with E-state index in [1.807, 2.05) is 19.1 Å². The van der Waals surface area contributed by atoms with Crippen LogP contribution in [0, 0.1) is 0 Å². The predicted molar refractivity (Wildman–Crippen MR) is 61.8 cm³/mol. The standard InChI is InChI=1S/C10H14O2S2/c1-3-6-14(11)10-7-8(12-2)4-5-9(10)13/h4-5,7,13H,3,6H2,1-2H3. The summed E-state index contributed by atoms with van der Waals surface area (Å²) in [4.78, 5) is 1.52. The normalized spacial score (nSPS) is 12.5. The summed E-state index contributed by atoms with van der Waals surface area (Å²) in [6.45, 7) is 2.01. The maximum Gasteiger partial charge on any atom is 0.120 e. The summed E-state index contributed by atoms with van der Waals surface area (Å²) >= 11 is 4.27. The summed E-state index contributed by atoms with van der Waals surface area (Å²) in [5.41, 5.74) is 0. The number of thiol groups is 1. The van der Waals surface area contributed by atoms with Gasteiger partial charge in [-0.25, -0.2) is 0 Å². The first-order chi connectivity index (χ1) is 6.69. The molecule has 0 saturated carbocycles. The average molecular weight is 230 g/mol. The molecular weight excluding hydrogens is 216 g/mol. The first-order valence-electron chi connectivity index (χ1n) is 4.44. The van der Waals surface area contributed by atoms with Crippen LogP contribution in [-0.2, 0) is 10.8 Å². The van der Waals surface area contributed by atoms with Crippen molar-refractivity contribution in [2.24, 2.45) is 0 Å². The molecule has 0 aliphatic heterocycles. The van der Waals surface area contributed by atoms with E-state index in [1.54, 1.807) is 13.2 Å². The third-order valence-electron chi connectivity index (χ3n) is 1.80. The van der Waals surface area contributed by atoms with Crippen molar-refractivity contribution in [1.29, 1.82) is 0 Å². The molecule has 0 bridgehead atoms. The van der Waals surface area contributed by atoms with Crippen LogP contribution in [0.2, 0.25) is 0 Å². The number of hydrogen-bond acceptors (Lipinski definition) is 3. The molecule has 78 valence electrons. The van der Waals surface area contributed by atoms with Crippen LogP contribution in [0.3, 0.4) is 0 Å². The highest BCUT2D eigenvalue weighted by Gasteiger charge is 2.08. The van der Waals surface area contributed by atoms with E-state index in [4.69, 9.17) is 4.74 Å². The van der Waals surface area contributed by atoms with Gasteiger partial charge in [0.1, 0.15) is 5.75 Å². The fourth-order valence-corrected chi connectivity index (χ4v) is 2.68. The SMILES string of the molecule is CCCS(=O)c1cc(OC)ccc1S. The molecule has 4 heteroatoms. The van der Waals surface area contributed by atoms with Gasteiger partial charge in [0.15, 0.2) is 0 Å². The molecule has 0 saturated heterocycles. The van der Waals surface area contributed by atoms with Gasteiger partial charge in [-0.05, 0) is 24.6 Å². The lowest BCUT2D eigenvalue weighted by Crippen LogP contribution is -1.98. The Morgan fingerprint density at radius 1 is 1.50 bits per heavy atom. The number of ether oxygens (including phenoxy) is 1. The fourth-order valence-electron chi connectivity index (χ4n) is 1.10. The number of rotatable bonds is 4. The van der Waals surface area contributed by atoms with Crippen LogP contribution in [0.15, 0.2) is 28.0 Å². The van der Waals surface area contributed by atoms with E-state index in [9.17, 15) is 4.21 Å². The Balaban J connectivity index is 2.99. The van der Waals surface area contributed by atoms with Crippen molar-refractivity contribution in [1.82, 2.24) is 0 Å². The van der Waals surface area contributed by atoms with E-state index in [-0.39, 0.29) is 0 Å². The van der Waals surface area contributed by atoms with Crippen LogP contribution < -0.4 is 4.74 Å². The summed E-state index contributed by atoms with van der Waals surface area (Å²) < 4.78 is 16.8. The van der Waals surface area contributed by atoms with Gasteiger partial charge in [-0.3, -0.25) is 4.21 Å². The molecule has 0 radical (unpaired) electrons. The quantitative estimate of drug-likeness (QED) is 0.804. The lowest BCUT2D eigenvalue weighted by atomic mass is 10.3. The molecule has 0 amide bonds. The van der Waals surface area contributed by atoms with Gasteiger partial charge in [0, 0.05) is 10.6 Å². The van der Waals surface area contributed by atoms with Gasteiger partial charge in [-0.15, -0.1) is 12.6 Å². The van der Waals surface area contributed by atoms with Crippen molar-refractivity contribution in [2.45, 2.75) is 23.1 Å². The summed E-state index contributed by atoms with van der Waals surface area (Å²) in [5.74, 6) is 1.39. The van der Waals surface area contributed by atoms with Crippen molar-refractivity contribution >= 4 is 23.4 Å². The molecule has 0 N–H and O–H groups in total. The van der Waals surface area contributed by atoms with Crippen molar-refractivity contribution in [2.75, 3.05) is 12.9 Å². The molecule has 1 aromatic carbocycles. The second kappa shape index (κ2) is 5.41. The maximum atomic E-state index is 11.7. The van der Waals surface area contributed by atoms with Gasteiger partial charge in [0.25, 0.3) is 0 Å². The molecule has 0 spiro atoms. The molecule has 1 unspecified atom stereocenters. The fraction of sp³-hybridized carbons (Fsp3) is 0.400. The molecule has 1 rings (SSSR count). The molecule has 0 aromatic heterocycles. The Bertz CT molecular complexity index is 337. The number of methoxy groups -OCH3 is 1. The third-order valence-corrected chi connectivity index (χ3v) is 3.95. The van der Waals surface area contributed by atoms with Crippen molar-refractivity contribution in [3.8, 4) is 5.75 Å². The topological polar surface area (TPSA) is 26.3 Å². The van der Waals surface area contributed by atoms with Gasteiger partial charge in [-0.1, -0.05) is 6.92 Å². The zero-order valence-corrected chi connectivity index (χ0v) is 10.0. The Labute approximate surface area is 92.5 Å². The molecule has 14 heavy (non-hydrogen) atoms. The van der Waals surface area contributed by atoms with Gasteiger partial charge >= 0.3 is 0 Å². The largest absolute Gasteiger partial charge is 0.497 e. The molecule has 1 aromatic rings. The summed E-state index contributed by atoms with van der Waals surface area (Å²) in [6, 6.07) is 5.41. The minimum Gasteiger partial charge on any atom is -0.497 e. The Morgan fingerprint density at radius 3 is 2.79 bits per heavy atom. The van der Waals surface area contributed by atoms with Crippen LogP contribution >= 0.6 is 12.6 Å². The van der Waals surface area contributed by atoms with Crippen molar-refractivity contribution in [3.63, 3.8) is 0 Å². The smallest absolute Gasteiger partial charge is 0.120 e. The van der Waals surface area contributed by atoms with Gasteiger partial charge in [0.2, 0.25) is 0 Å². The van der Waals surface area contributed by atoms with E-state index in [2.05, 4.69) is 12.6 Å². The summed E-state index contributed by atoms with van der Waals surface area (Å²) in [6.07, 6.45) is 0.900. The summed E-state index contributed by atoms with van der Waals surface area (Å²) in [7, 11) is 0.634. The van der Waals surface area contributed by atoms with E-state index in [0.717, 1.165) is 22.0 Å². The maximum absolute atomic E-state index is 11.7. The van der Waals surface area contributed by atoms with Crippen LogP contribution in [0.25, 0.3) is 0 Å². The molecule has 1 atom stereocenters. The Hall–Kier alpha value is -0.480. The van der Waals surface area contributed by atoms with Gasteiger partial charge in [-0.2, -0.15) is 0 Å². The molecular formula is C10H14O2S2. The average Bonchev–Trinajstić information content (AvgIpc) is 2.19. The van der Waals surface area contributed by atoms with Crippen LogP contribution in [0.5, 0.6) is 5.75 Å². The van der Waals surface area contributed by atoms with Crippen LogP contribution in [0.1, 0.15) is 13.3 Å². The third kappa shape index (κ3) is 2.75. The number of benzene rings is 1. The Kier molecular flexibility index (Phi) is 4.48. The van der Waals surface area contributed by atoms with Gasteiger partial charge in [0.05, 0.1) is 22.8 Å². The minimum absolute atomic E-state index is 0.667. The number of hydrogen-bond donors (Lipinski definition) is 1. The highest BCUT2D eigenvalue weighted by Crippen LogP contribution is 2.23. The zero-order chi connectivity index (χ0) is 10.6. The monoisotopic (exact) mass is 230 g/mol. The first-order valence-corrected chi connectivity index (χ1v) is 6.21. The van der Waals surface area contributed by atoms with Crippen LogP contribution in [0.4, 0.5) is 0 Å². The summed E-state index contributed by atoms with van der Waals surface area (Å²) in [5, 5.41) is 0. The lowest BCUT2D eigenvalue weighted by Gasteiger charge is -2.06. The van der Waals surface area contributed by atoms with Gasteiger partial charge < -0.3 is 4.74 Å². The first kappa shape index (κ1) is 11.6. The van der Waals surface area contributed by atoms with E-state index in [0.29, 0.717) is 5.75 Å². The molecule has 0 aliphatic carbocycles. The van der Waals surface area contributed by atoms with Crippen molar-refractivity contribution < 1.29 is 8.95 Å². The zero-order valence-electron chi connectivity index (χ0n) is 8.32. The van der Waals surface area contributed by atoms with Crippen LogP contribution in [-0.4, -0.2) is 17.1 Å². The second-order valence-electron chi connectivity index (χ2n) is 2.88. The highest BCUT2D eigenvalue weighted by atomic mass is 32.2. The molecule has 2 nitrogen and oxygen atoms in total. The van der Waals surface area contributed by atoms with Crippen molar-refractivity contribution in [3.05, 3.63) is 18.2 Å². The second-order valence-corrected chi connectivity index (χ2v) is 4.90. The minimum atomic E-state index is -0.963. The Morgan fingerprint density at radius 2 is 2.21 bits per heavy atom. The van der Waals surface area contributed by atoms with E-state index >= 15 is 0 Å². The molecule has 0 heterocycles. The highest BCUT2D eigenvalue weighted by molar-refractivity contribution is 7.86. The van der Waals surface area contributed by atoms with E-state index < -0.39 is 10.8 Å². The predicted octanol–water partition coefficient (Wildman–Crippen LogP) is 2.50. The van der Waals surface area contributed by atoms with E-state index in [1.165, 1.54) is 0 Å². The molecule has 0 fully saturated rings. The molecule has 0 aliphatic rings. The lowest BCUT2D eigenvalue weighted by molar-refractivity contribution is 0.413.